The fourth-order valence-electron chi connectivity index (χ4n) is 2.74. The molecular weight excluding hydrogens is 267 g/mol. The molecule has 0 atom stereocenters. The molecule has 1 rings (SSSR count). The van der Waals surface area contributed by atoms with E-state index in [1.807, 2.05) is 0 Å². The van der Waals surface area contributed by atoms with Crippen molar-refractivity contribution in [1.82, 2.24) is 0 Å². The van der Waals surface area contributed by atoms with Crippen molar-refractivity contribution >= 4 is 0 Å². The van der Waals surface area contributed by atoms with Crippen LogP contribution in [0.4, 0.5) is 4.39 Å². The largest absolute Gasteiger partial charge is 0.504 e. The highest BCUT2D eigenvalue weighted by molar-refractivity contribution is 5.54. The van der Waals surface area contributed by atoms with Crippen LogP contribution in [0.3, 0.4) is 0 Å². The summed E-state index contributed by atoms with van der Waals surface area (Å²) in [6.45, 7) is 6.26. The normalized spacial score (nSPS) is 11.0. The molecule has 21 heavy (non-hydrogen) atoms. The molecule has 0 heterocycles. The maximum Gasteiger partial charge on any atom is 0.194 e. The molecule has 2 nitrogen and oxygen atoms in total. The maximum atomic E-state index is 14.4. The third kappa shape index (κ3) is 4.36. The monoisotopic (exact) mass is 296 g/mol. The Morgan fingerprint density at radius 1 is 0.667 bits per heavy atom. The highest BCUT2D eigenvalue weighted by Crippen LogP contribution is 2.39. The first-order valence-corrected chi connectivity index (χ1v) is 8.32. The van der Waals surface area contributed by atoms with Crippen molar-refractivity contribution in [2.45, 2.75) is 78.6 Å². The number of hydrogen-bond acceptors (Lipinski definition) is 2. The van der Waals surface area contributed by atoms with Gasteiger partial charge in [0, 0.05) is 5.56 Å². The Balaban J connectivity index is 3.32. The topological polar surface area (TPSA) is 40.5 Å². The Morgan fingerprint density at radius 2 is 1.10 bits per heavy atom. The van der Waals surface area contributed by atoms with Gasteiger partial charge in [0.2, 0.25) is 0 Å². The van der Waals surface area contributed by atoms with Gasteiger partial charge in [-0.25, -0.2) is 4.39 Å². The van der Waals surface area contributed by atoms with E-state index in [9.17, 15) is 14.6 Å². The van der Waals surface area contributed by atoms with Gasteiger partial charge in [0.25, 0.3) is 0 Å². The van der Waals surface area contributed by atoms with Crippen LogP contribution >= 0.6 is 0 Å². The molecule has 0 radical (unpaired) electrons. The third-order valence-corrected chi connectivity index (χ3v) is 4.05. The molecule has 3 heteroatoms. The lowest BCUT2D eigenvalue weighted by atomic mass is 9.89. The lowest BCUT2D eigenvalue weighted by Crippen LogP contribution is -2.06. The van der Waals surface area contributed by atoms with Crippen LogP contribution in [0.2, 0.25) is 0 Å². The second-order valence-corrected chi connectivity index (χ2v) is 5.76. The number of aromatic hydroxyl groups is 2. The predicted octanol–water partition coefficient (Wildman–Crippen LogP) is 5.26. The number of phenolic OH excluding ortho intramolecular Hbond substituents is 2. The first kappa shape index (κ1) is 17.8. The average molecular weight is 296 g/mol. The highest BCUT2D eigenvalue weighted by Gasteiger charge is 2.22. The lowest BCUT2D eigenvalue weighted by molar-refractivity contribution is 0.370. The van der Waals surface area contributed by atoms with E-state index in [0.29, 0.717) is 18.4 Å². The summed E-state index contributed by atoms with van der Waals surface area (Å²) in [5.74, 6) is -1.42. The quantitative estimate of drug-likeness (QED) is 0.610. The molecule has 0 saturated heterocycles. The number of halogens is 1. The summed E-state index contributed by atoms with van der Waals surface area (Å²) in [4.78, 5) is 0. The Morgan fingerprint density at radius 3 is 1.57 bits per heavy atom. The van der Waals surface area contributed by atoms with Crippen LogP contribution in [0.1, 0.15) is 76.0 Å². The zero-order valence-corrected chi connectivity index (χ0v) is 13.6. The van der Waals surface area contributed by atoms with Crippen molar-refractivity contribution in [3.05, 3.63) is 22.5 Å². The molecule has 1 aromatic carbocycles. The van der Waals surface area contributed by atoms with Crippen molar-refractivity contribution in [1.29, 1.82) is 0 Å². The predicted molar refractivity (Wildman–Crippen MR) is 85.6 cm³/mol. The minimum atomic E-state index is -0.618. The van der Waals surface area contributed by atoms with Crippen LogP contribution in [0.5, 0.6) is 11.5 Å². The second kappa shape index (κ2) is 8.91. The molecule has 0 saturated carbocycles. The van der Waals surface area contributed by atoms with Crippen molar-refractivity contribution in [3.8, 4) is 11.5 Å². The van der Waals surface area contributed by atoms with Gasteiger partial charge in [0.1, 0.15) is 0 Å². The van der Waals surface area contributed by atoms with Crippen LogP contribution in [-0.2, 0) is 19.3 Å². The van der Waals surface area contributed by atoms with Crippen molar-refractivity contribution in [2.24, 2.45) is 0 Å². The number of phenols is 2. The van der Waals surface area contributed by atoms with Gasteiger partial charge in [-0.1, -0.05) is 40.0 Å². The van der Waals surface area contributed by atoms with E-state index >= 15 is 0 Å². The number of benzene rings is 1. The smallest absolute Gasteiger partial charge is 0.194 e. The summed E-state index contributed by atoms with van der Waals surface area (Å²) in [5, 5.41) is 20.0. The van der Waals surface area contributed by atoms with Gasteiger partial charge in [0.15, 0.2) is 17.3 Å². The minimum absolute atomic E-state index is 0.243. The van der Waals surface area contributed by atoms with Gasteiger partial charge in [-0.05, 0) is 49.7 Å². The Hall–Kier alpha value is -1.25. The molecule has 0 amide bonds. The highest BCUT2D eigenvalue weighted by atomic mass is 19.1. The number of hydrogen-bond donors (Lipinski definition) is 2. The summed E-state index contributed by atoms with van der Waals surface area (Å²) in [7, 11) is 0. The van der Waals surface area contributed by atoms with Crippen molar-refractivity contribution < 1.29 is 14.6 Å². The van der Waals surface area contributed by atoms with Gasteiger partial charge in [-0.15, -0.1) is 0 Å². The molecule has 0 fully saturated rings. The Kier molecular flexibility index (Phi) is 7.55. The third-order valence-electron chi connectivity index (χ3n) is 4.05. The van der Waals surface area contributed by atoms with Crippen LogP contribution in [0.25, 0.3) is 0 Å². The molecule has 1 aromatic rings. The maximum absolute atomic E-state index is 14.4. The van der Waals surface area contributed by atoms with Crippen LogP contribution in [0.15, 0.2) is 0 Å². The SMILES string of the molecule is CCCCc1c(O)c(O)c(F)c(CCCC)c1CCCC. The second-order valence-electron chi connectivity index (χ2n) is 5.76. The molecule has 0 aromatic heterocycles. The first-order valence-electron chi connectivity index (χ1n) is 8.32. The van der Waals surface area contributed by atoms with Gasteiger partial charge in [0.05, 0.1) is 0 Å². The molecule has 0 unspecified atom stereocenters. The van der Waals surface area contributed by atoms with Gasteiger partial charge >= 0.3 is 0 Å². The standard InChI is InChI=1S/C18H29FO2/c1-4-7-10-13-14(11-8-5-2)16(19)18(21)17(20)15(13)12-9-6-3/h20-21H,4-12H2,1-3H3. The number of unbranched alkanes of at least 4 members (excludes halogenated alkanes) is 3. The van der Waals surface area contributed by atoms with E-state index in [2.05, 4.69) is 20.8 Å². The Labute approximate surface area is 128 Å². The van der Waals surface area contributed by atoms with Crippen LogP contribution in [0, 0.1) is 5.82 Å². The molecular formula is C18H29FO2. The molecule has 0 aliphatic rings. The van der Waals surface area contributed by atoms with Gasteiger partial charge < -0.3 is 10.2 Å². The zero-order valence-electron chi connectivity index (χ0n) is 13.6. The van der Waals surface area contributed by atoms with Crippen LogP contribution < -0.4 is 0 Å². The molecule has 0 bridgehead atoms. The molecule has 120 valence electrons. The molecule has 2 N–H and O–H groups in total. The molecule has 0 aliphatic heterocycles. The van der Waals surface area contributed by atoms with E-state index in [1.54, 1.807) is 0 Å². The van der Waals surface area contributed by atoms with E-state index in [4.69, 9.17) is 0 Å². The molecule has 0 aliphatic carbocycles. The van der Waals surface area contributed by atoms with E-state index in [1.165, 1.54) is 0 Å². The number of rotatable bonds is 9. The van der Waals surface area contributed by atoms with Crippen molar-refractivity contribution in [3.63, 3.8) is 0 Å². The fraction of sp³-hybridized carbons (Fsp3) is 0.667. The lowest BCUT2D eigenvalue weighted by Gasteiger charge is -2.19. The van der Waals surface area contributed by atoms with E-state index in [0.717, 1.165) is 56.1 Å². The fourth-order valence-corrected chi connectivity index (χ4v) is 2.74. The summed E-state index contributed by atoms with van der Waals surface area (Å²) in [6.07, 6.45) is 7.94. The summed E-state index contributed by atoms with van der Waals surface area (Å²) in [6, 6.07) is 0. The first-order chi connectivity index (χ1) is 10.1. The van der Waals surface area contributed by atoms with Crippen molar-refractivity contribution in [2.75, 3.05) is 0 Å². The summed E-state index contributed by atoms with van der Waals surface area (Å²) >= 11 is 0. The van der Waals surface area contributed by atoms with E-state index < -0.39 is 11.6 Å². The minimum Gasteiger partial charge on any atom is -0.504 e. The zero-order chi connectivity index (χ0) is 15.8. The van der Waals surface area contributed by atoms with Crippen LogP contribution in [-0.4, -0.2) is 10.2 Å². The van der Waals surface area contributed by atoms with E-state index in [-0.39, 0.29) is 5.75 Å². The molecule has 0 spiro atoms. The summed E-state index contributed by atoms with van der Waals surface area (Å²) < 4.78 is 14.4. The average Bonchev–Trinajstić information content (AvgIpc) is 2.49. The van der Waals surface area contributed by atoms with Gasteiger partial charge in [-0.2, -0.15) is 0 Å². The van der Waals surface area contributed by atoms with Gasteiger partial charge in [-0.3, -0.25) is 0 Å². The summed E-state index contributed by atoms with van der Waals surface area (Å²) in [5.41, 5.74) is 2.31. The Bertz CT molecular complexity index is 420.